The van der Waals surface area contributed by atoms with E-state index in [1.165, 1.54) is 51.4 Å². The van der Waals surface area contributed by atoms with Crippen LogP contribution in [0.1, 0.15) is 65.2 Å². The van der Waals surface area contributed by atoms with Gasteiger partial charge in [0.15, 0.2) is 0 Å². The molecule has 0 aliphatic heterocycles. The molecule has 14 heavy (non-hydrogen) atoms. The fourth-order valence-corrected chi connectivity index (χ4v) is 6.29. The molecule has 0 aromatic carbocycles. The molecular weight excluding hydrogens is 279 g/mol. The zero-order chi connectivity index (χ0) is 10.6. The summed E-state index contributed by atoms with van der Waals surface area (Å²) in [5, 5.41) is 0. The summed E-state index contributed by atoms with van der Waals surface area (Å²) in [5.74, 6) is 0. The fraction of sp³-hybridized carbons (Fsp3) is 1.00. The minimum absolute atomic E-state index is 1.09. The SMILES string of the molecule is CCCCCCC[CH2][Sn](=[O])[CH2]CCC. The summed E-state index contributed by atoms with van der Waals surface area (Å²) in [4.78, 5) is 0. The van der Waals surface area contributed by atoms with E-state index < -0.39 is 19.7 Å². The van der Waals surface area contributed by atoms with Crippen LogP contribution in [-0.2, 0) is 3.08 Å². The van der Waals surface area contributed by atoms with Crippen molar-refractivity contribution in [3.05, 3.63) is 0 Å². The van der Waals surface area contributed by atoms with Crippen LogP contribution in [0.3, 0.4) is 0 Å². The molecule has 0 spiro atoms. The van der Waals surface area contributed by atoms with Crippen LogP contribution >= 0.6 is 0 Å². The number of rotatable bonds is 10. The summed E-state index contributed by atoms with van der Waals surface area (Å²) in [6.07, 6.45) is 10.4. The maximum atomic E-state index is 11.6. The third-order valence-electron chi connectivity index (χ3n) is 2.62. The molecule has 0 unspecified atom stereocenters. The van der Waals surface area contributed by atoms with Gasteiger partial charge >= 0.3 is 96.9 Å². The van der Waals surface area contributed by atoms with Gasteiger partial charge in [0.05, 0.1) is 0 Å². The van der Waals surface area contributed by atoms with Crippen LogP contribution in [0, 0.1) is 0 Å². The van der Waals surface area contributed by atoms with Crippen molar-refractivity contribution in [1.29, 1.82) is 0 Å². The molecule has 1 nitrogen and oxygen atoms in total. The first-order valence-corrected chi connectivity index (χ1v) is 11.5. The van der Waals surface area contributed by atoms with Crippen LogP contribution in [0.15, 0.2) is 0 Å². The summed E-state index contributed by atoms with van der Waals surface area (Å²) in [7, 11) is 0. The molecule has 0 aromatic heterocycles. The monoisotopic (exact) mass is 306 g/mol. The van der Waals surface area contributed by atoms with Crippen molar-refractivity contribution >= 4 is 19.7 Å². The van der Waals surface area contributed by atoms with Crippen LogP contribution < -0.4 is 0 Å². The molecule has 0 amide bonds. The van der Waals surface area contributed by atoms with Gasteiger partial charge in [0.1, 0.15) is 0 Å². The van der Waals surface area contributed by atoms with E-state index in [9.17, 15) is 3.08 Å². The van der Waals surface area contributed by atoms with Crippen LogP contribution in [0.2, 0.25) is 8.87 Å². The first-order chi connectivity index (χ1) is 6.81. The summed E-state index contributed by atoms with van der Waals surface area (Å²) < 4.78 is 13.8. The Morgan fingerprint density at radius 1 is 0.714 bits per heavy atom. The van der Waals surface area contributed by atoms with E-state index in [4.69, 9.17) is 0 Å². The second-order valence-corrected chi connectivity index (χ2v) is 10.1. The summed E-state index contributed by atoms with van der Waals surface area (Å²) in [5.41, 5.74) is 0. The molecule has 0 radical (unpaired) electrons. The molecule has 0 bridgehead atoms. The van der Waals surface area contributed by atoms with Crippen molar-refractivity contribution in [1.82, 2.24) is 0 Å². The van der Waals surface area contributed by atoms with E-state index in [2.05, 4.69) is 13.8 Å². The predicted octanol–water partition coefficient (Wildman–Crippen LogP) is 4.57. The Balaban J connectivity index is 3.07. The van der Waals surface area contributed by atoms with Crippen LogP contribution in [0.4, 0.5) is 0 Å². The van der Waals surface area contributed by atoms with Gasteiger partial charge in [-0.05, 0) is 0 Å². The average Bonchev–Trinajstić information content (AvgIpc) is 2.20. The molecule has 0 N–H and O–H groups in total. The number of hydrogen-bond acceptors (Lipinski definition) is 1. The average molecular weight is 305 g/mol. The van der Waals surface area contributed by atoms with E-state index in [-0.39, 0.29) is 0 Å². The quantitative estimate of drug-likeness (QED) is 0.427. The molecule has 0 atom stereocenters. The van der Waals surface area contributed by atoms with Gasteiger partial charge in [-0.25, -0.2) is 0 Å². The molecule has 2 heteroatoms. The topological polar surface area (TPSA) is 17.1 Å². The third-order valence-corrected chi connectivity index (χ3v) is 7.82. The molecule has 0 saturated carbocycles. The number of hydrogen-bond donors (Lipinski definition) is 0. The van der Waals surface area contributed by atoms with Crippen molar-refractivity contribution in [3.63, 3.8) is 0 Å². The molecule has 0 heterocycles. The Bertz CT molecular complexity index is 134. The van der Waals surface area contributed by atoms with Crippen molar-refractivity contribution in [2.75, 3.05) is 0 Å². The van der Waals surface area contributed by atoms with Gasteiger partial charge in [0, 0.05) is 0 Å². The fourth-order valence-electron chi connectivity index (χ4n) is 1.60. The van der Waals surface area contributed by atoms with Gasteiger partial charge in [0.25, 0.3) is 0 Å². The zero-order valence-electron chi connectivity index (χ0n) is 9.98. The van der Waals surface area contributed by atoms with E-state index in [0.717, 1.165) is 8.87 Å². The zero-order valence-corrected chi connectivity index (χ0v) is 12.8. The van der Waals surface area contributed by atoms with Crippen molar-refractivity contribution in [2.45, 2.75) is 74.1 Å². The Labute approximate surface area is 96.8 Å². The van der Waals surface area contributed by atoms with Crippen LogP contribution in [0.25, 0.3) is 0 Å². The molecular formula is C12H26OSn. The first-order valence-electron chi connectivity index (χ1n) is 6.33. The Kier molecular flexibility index (Phi) is 12.2. The Hall–Kier alpha value is 0.599. The van der Waals surface area contributed by atoms with Crippen LogP contribution in [-0.4, -0.2) is 19.7 Å². The first kappa shape index (κ1) is 14.6. The van der Waals surface area contributed by atoms with Crippen molar-refractivity contribution < 1.29 is 3.08 Å². The standard InChI is InChI=1S/C8H17.C4H9.O.Sn/c1-3-5-7-8-6-4-2;1-3-4-2;;/h1,3-8H2,2H3;1,3-4H2,2H3;;. The summed E-state index contributed by atoms with van der Waals surface area (Å²) in [6, 6.07) is 0. The molecule has 0 aliphatic carbocycles. The van der Waals surface area contributed by atoms with Gasteiger partial charge in [0.2, 0.25) is 0 Å². The minimum atomic E-state index is -2.05. The van der Waals surface area contributed by atoms with E-state index in [1.807, 2.05) is 0 Å². The van der Waals surface area contributed by atoms with E-state index >= 15 is 0 Å². The molecule has 0 aromatic rings. The molecule has 0 rings (SSSR count). The maximum absolute atomic E-state index is 11.6. The third kappa shape index (κ3) is 10.7. The predicted molar refractivity (Wildman–Crippen MR) is 64.3 cm³/mol. The summed E-state index contributed by atoms with van der Waals surface area (Å²) >= 11 is -2.05. The van der Waals surface area contributed by atoms with Gasteiger partial charge in [-0.2, -0.15) is 0 Å². The summed E-state index contributed by atoms with van der Waals surface area (Å²) in [6.45, 7) is 4.43. The normalized spacial score (nSPS) is 10.4. The Morgan fingerprint density at radius 3 is 1.86 bits per heavy atom. The molecule has 0 fully saturated rings. The molecule has 84 valence electrons. The van der Waals surface area contributed by atoms with E-state index in [1.54, 1.807) is 0 Å². The van der Waals surface area contributed by atoms with Gasteiger partial charge in [-0.1, -0.05) is 0 Å². The van der Waals surface area contributed by atoms with E-state index in [0.29, 0.717) is 0 Å². The second-order valence-electron chi connectivity index (χ2n) is 4.16. The second kappa shape index (κ2) is 11.7. The number of unbranched alkanes of at least 4 members (excludes halogenated alkanes) is 6. The van der Waals surface area contributed by atoms with Gasteiger partial charge in [-0.3, -0.25) is 0 Å². The van der Waals surface area contributed by atoms with Crippen molar-refractivity contribution in [3.8, 4) is 0 Å². The Morgan fingerprint density at radius 2 is 1.21 bits per heavy atom. The van der Waals surface area contributed by atoms with Gasteiger partial charge < -0.3 is 0 Å². The van der Waals surface area contributed by atoms with Crippen LogP contribution in [0.5, 0.6) is 0 Å². The molecule has 0 aliphatic rings. The molecule has 0 saturated heterocycles. The van der Waals surface area contributed by atoms with Crippen molar-refractivity contribution in [2.24, 2.45) is 0 Å². The van der Waals surface area contributed by atoms with Gasteiger partial charge in [-0.15, -0.1) is 0 Å².